The van der Waals surface area contributed by atoms with E-state index in [-0.39, 0.29) is 12.5 Å². The summed E-state index contributed by atoms with van der Waals surface area (Å²) in [5, 5.41) is 9.96. The van der Waals surface area contributed by atoms with E-state index in [1.807, 2.05) is 0 Å². The van der Waals surface area contributed by atoms with Gasteiger partial charge < -0.3 is 10.8 Å². The number of hydrogen-bond donors (Lipinski definition) is 2. The SMILES string of the molecule is NCC(c1ccc(F)cc1F)C(O)C1CC1. The molecule has 88 valence electrons. The lowest BCUT2D eigenvalue weighted by molar-refractivity contribution is 0.121. The molecule has 2 unspecified atom stereocenters. The molecule has 0 spiro atoms. The highest BCUT2D eigenvalue weighted by Gasteiger charge is 2.36. The average Bonchev–Trinajstić information content (AvgIpc) is 3.05. The van der Waals surface area contributed by atoms with Gasteiger partial charge in [0.05, 0.1) is 6.10 Å². The number of hydrogen-bond acceptors (Lipinski definition) is 2. The molecule has 3 N–H and O–H groups in total. The molecule has 1 aromatic carbocycles. The van der Waals surface area contributed by atoms with Crippen LogP contribution in [0.2, 0.25) is 0 Å². The third-order valence-electron chi connectivity index (χ3n) is 3.13. The Hall–Kier alpha value is -1.00. The van der Waals surface area contributed by atoms with E-state index in [2.05, 4.69) is 0 Å². The summed E-state index contributed by atoms with van der Waals surface area (Å²) in [5.41, 5.74) is 5.87. The first-order valence-corrected chi connectivity index (χ1v) is 5.46. The van der Waals surface area contributed by atoms with Crippen molar-refractivity contribution in [3.05, 3.63) is 35.4 Å². The smallest absolute Gasteiger partial charge is 0.129 e. The first-order chi connectivity index (χ1) is 7.63. The van der Waals surface area contributed by atoms with Crippen LogP contribution < -0.4 is 5.73 Å². The van der Waals surface area contributed by atoms with Crippen LogP contribution in [0.25, 0.3) is 0 Å². The molecule has 1 aromatic rings. The number of halogens is 2. The number of nitrogens with two attached hydrogens (primary N) is 1. The van der Waals surface area contributed by atoms with Crippen molar-refractivity contribution in [1.29, 1.82) is 0 Å². The Morgan fingerprint density at radius 1 is 1.38 bits per heavy atom. The van der Waals surface area contributed by atoms with Crippen molar-refractivity contribution in [2.24, 2.45) is 11.7 Å². The van der Waals surface area contributed by atoms with Gasteiger partial charge in [-0.3, -0.25) is 0 Å². The Morgan fingerprint density at radius 2 is 2.06 bits per heavy atom. The van der Waals surface area contributed by atoms with Crippen LogP contribution in [0.15, 0.2) is 18.2 Å². The molecule has 0 radical (unpaired) electrons. The molecule has 0 aliphatic heterocycles. The van der Waals surface area contributed by atoms with E-state index >= 15 is 0 Å². The normalized spacial score (nSPS) is 19.5. The molecule has 0 amide bonds. The van der Waals surface area contributed by atoms with Gasteiger partial charge in [-0.2, -0.15) is 0 Å². The summed E-state index contributed by atoms with van der Waals surface area (Å²) >= 11 is 0. The fraction of sp³-hybridized carbons (Fsp3) is 0.500. The molecular weight excluding hydrogens is 212 g/mol. The first kappa shape index (κ1) is 11.5. The van der Waals surface area contributed by atoms with Crippen LogP contribution in [0.1, 0.15) is 24.3 Å². The van der Waals surface area contributed by atoms with Gasteiger partial charge in [0.15, 0.2) is 0 Å². The van der Waals surface area contributed by atoms with Crippen LogP contribution in [-0.2, 0) is 0 Å². The van der Waals surface area contributed by atoms with Gasteiger partial charge in [0.2, 0.25) is 0 Å². The van der Waals surface area contributed by atoms with Crippen LogP contribution >= 0.6 is 0 Å². The molecule has 2 nitrogen and oxygen atoms in total. The third-order valence-corrected chi connectivity index (χ3v) is 3.13. The summed E-state index contributed by atoms with van der Waals surface area (Å²) in [6, 6.07) is 3.39. The molecule has 4 heteroatoms. The summed E-state index contributed by atoms with van der Waals surface area (Å²) in [6.07, 6.45) is 1.30. The molecule has 16 heavy (non-hydrogen) atoms. The number of rotatable bonds is 4. The van der Waals surface area contributed by atoms with Gasteiger partial charge in [0.25, 0.3) is 0 Å². The highest BCUT2D eigenvalue weighted by atomic mass is 19.1. The van der Waals surface area contributed by atoms with Gasteiger partial charge in [-0.25, -0.2) is 8.78 Å². The van der Waals surface area contributed by atoms with Gasteiger partial charge in [0.1, 0.15) is 11.6 Å². The number of aliphatic hydroxyl groups excluding tert-OH is 1. The monoisotopic (exact) mass is 227 g/mol. The minimum Gasteiger partial charge on any atom is -0.392 e. The quantitative estimate of drug-likeness (QED) is 0.823. The Balaban J connectivity index is 2.24. The highest BCUT2D eigenvalue weighted by molar-refractivity contribution is 5.24. The van der Waals surface area contributed by atoms with Crippen molar-refractivity contribution in [2.75, 3.05) is 6.54 Å². The molecule has 0 heterocycles. The zero-order valence-corrected chi connectivity index (χ0v) is 8.87. The van der Waals surface area contributed by atoms with Crippen molar-refractivity contribution in [3.8, 4) is 0 Å². The van der Waals surface area contributed by atoms with Crippen molar-refractivity contribution < 1.29 is 13.9 Å². The second kappa shape index (κ2) is 4.47. The second-order valence-electron chi connectivity index (χ2n) is 4.34. The van der Waals surface area contributed by atoms with Gasteiger partial charge >= 0.3 is 0 Å². The van der Waals surface area contributed by atoms with E-state index in [1.165, 1.54) is 12.1 Å². The van der Waals surface area contributed by atoms with Gasteiger partial charge in [0, 0.05) is 18.5 Å². The van der Waals surface area contributed by atoms with Crippen molar-refractivity contribution in [1.82, 2.24) is 0 Å². The fourth-order valence-corrected chi connectivity index (χ4v) is 2.02. The Labute approximate surface area is 93.1 Å². The maximum Gasteiger partial charge on any atom is 0.129 e. The third kappa shape index (κ3) is 2.23. The maximum atomic E-state index is 13.5. The van der Waals surface area contributed by atoms with E-state index < -0.39 is 23.7 Å². The summed E-state index contributed by atoms with van der Waals surface area (Å²) in [7, 11) is 0. The molecule has 0 aromatic heterocycles. The molecular formula is C12H15F2NO. The van der Waals surface area contributed by atoms with E-state index in [4.69, 9.17) is 5.73 Å². The zero-order chi connectivity index (χ0) is 11.7. The minimum atomic E-state index is -0.629. The van der Waals surface area contributed by atoms with Crippen LogP contribution in [0.5, 0.6) is 0 Å². The van der Waals surface area contributed by atoms with Crippen molar-refractivity contribution in [2.45, 2.75) is 24.9 Å². The van der Waals surface area contributed by atoms with E-state index in [0.717, 1.165) is 18.9 Å². The molecule has 2 rings (SSSR count). The van der Waals surface area contributed by atoms with Crippen LogP contribution in [0.4, 0.5) is 8.78 Å². The predicted molar refractivity (Wildman–Crippen MR) is 56.9 cm³/mol. The molecule has 1 aliphatic carbocycles. The summed E-state index contributed by atoms with van der Waals surface area (Å²) < 4.78 is 26.3. The summed E-state index contributed by atoms with van der Waals surface area (Å²) in [6.45, 7) is 0.167. The summed E-state index contributed by atoms with van der Waals surface area (Å²) in [4.78, 5) is 0. The lowest BCUT2D eigenvalue weighted by Gasteiger charge is -2.22. The van der Waals surface area contributed by atoms with Crippen LogP contribution in [0.3, 0.4) is 0 Å². The van der Waals surface area contributed by atoms with E-state index in [1.54, 1.807) is 0 Å². The summed E-state index contributed by atoms with van der Waals surface area (Å²) in [5.74, 6) is -1.46. The Bertz CT molecular complexity index is 379. The molecule has 0 saturated heterocycles. The van der Waals surface area contributed by atoms with Crippen molar-refractivity contribution in [3.63, 3.8) is 0 Å². The lowest BCUT2D eigenvalue weighted by atomic mass is 9.90. The Kier molecular flexibility index (Phi) is 3.21. The van der Waals surface area contributed by atoms with Gasteiger partial charge in [-0.1, -0.05) is 6.07 Å². The van der Waals surface area contributed by atoms with Crippen molar-refractivity contribution >= 4 is 0 Å². The number of benzene rings is 1. The second-order valence-corrected chi connectivity index (χ2v) is 4.34. The Morgan fingerprint density at radius 3 is 2.56 bits per heavy atom. The molecule has 1 aliphatic rings. The molecule has 1 saturated carbocycles. The predicted octanol–water partition coefficient (Wildman–Crippen LogP) is 1.78. The van der Waals surface area contributed by atoms with E-state index in [0.29, 0.717) is 5.56 Å². The van der Waals surface area contributed by atoms with Crippen LogP contribution in [0, 0.1) is 17.6 Å². The average molecular weight is 227 g/mol. The van der Waals surface area contributed by atoms with Gasteiger partial charge in [-0.05, 0) is 30.4 Å². The first-order valence-electron chi connectivity index (χ1n) is 5.46. The van der Waals surface area contributed by atoms with Gasteiger partial charge in [-0.15, -0.1) is 0 Å². The minimum absolute atomic E-state index is 0.167. The number of aliphatic hydroxyl groups is 1. The standard InChI is InChI=1S/C12H15F2NO/c13-8-3-4-9(11(14)5-8)10(6-15)12(16)7-1-2-7/h3-5,7,10,12,16H,1-2,6,15H2. The molecule has 2 atom stereocenters. The fourth-order valence-electron chi connectivity index (χ4n) is 2.02. The largest absolute Gasteiger partial charge is 0.392 e. The maximum absolute atomic E-state index is 13.5. The highest BCUT2D eigenvalue weighted by Crippen LogP contribution is 2.39. The molecule has 0 bridgehead atoms. The zero-order valence-electron chi connectivity index (χ0n) is 8.87. The lowest BCUT2D eigenvalue weighted by Crippen LogP contribution is -2.28. The van der Waals surface area contributed by atoms with E-state index in [9.17, 15) is 13.9 Å². The topological polar surface area (TPSA) is 46.2 Å². The van der Waals surface area contributed by atoms with Crippen LogP contribution in [-0.4, -0.2) is 17.8 Å². The molecule has 1 fully saturated rings.